The van der Waals surface area contributed by atoms with E-state index in [2.05, 4.69) is 4.98 Å². The summed E-state index contributed by atoms with van der Waals surface area (Å²) in [5.74, 6) is 0.949. The van der Waals surface area contributed by atoms with Crippen LogP contribution in [-0.2, 0) is 0 Å². The van der Waals surface area contributed by atoms with E-state index in [4.69, 9.17) is 0 Å². The Morgan fingerprint density at radius 3 is 2.46 bits per heavy atom. The Morgan fingerprint density at radius 1 is 1.46 bits per heavy atom. The summed E-state index contributed by atoms with van der Waals surface area (Å²) >= 11 is 0. The van der Waals surface area contributed by atoms with E-state index in [1.807, 2.05) is 32.0 Å². The zero-order valence-electron chi connectivity index (χ0n) is 8.57. The molecule has 3 nitrogen and oxygen atoms in total. The molecule has 0 fully saturated rings. The van der Waals surface area contributed by atoms with Crippen molar-refractivity contribution in [3.05, 3.63) is 23.4 Å². The lowest BCUT2D eigenvalue weighted by Crippen LogP contribution is -2.12. The fraction of sp³-hybridized carbons (Fsp3) is 0.500. The Hall–Kier alpha value is -1.09. The normalized spacial score (nSPS) is 12.7. The minimum absolute atomic E-state index is 0.442. The molecule has 0 unspecified atom stereocenters. The molecule has 0 aliphatic heterocycles. The first-order valence-corrected chi connectivity index (χ1v) is 4.34. The van der Waals surface area contributed by atoms with Crippen molar-refractivity contribution in [3.63, 3.8) is 0 Å². The summed E-state index contributed by atoms with van der Waals surface area (Å²) in [6.45, 7) is 3.74. The average Bonchev–Trinajstić information content (AvgIpc) is 2.03. The van der Waals surface area contributed by atoms with Crippen molar-refractivity contribution in [1.29, 1.82) is 0 Å². The van der Waals surface area contributed by atoms with Crippen LogP contribution in [0.5, 0.6) is 0 Å². The van der Waals surface area contributed by atoms with Crippen LogP contribution < -0.4 is 4.90 Å². The van der Waals surface area contributed by atoms with Crippen molar-refractivity contribution in [3.8, 4) is 0 Å². The van der Waals surface area contributed by atoms with Gasteiger partial charge in [-0.3, -0.25) is 0 Å². The molecular formula is C10H16N2O. The topological polar surface area (TPSA) is 36.4 Å². The molecule has 0 spiro atoms. The van der Waals surface area contributed by atoms with Crippen LogP contribution in [0.3, 0.4) is 0 Å². The molecule has 0 amide bonds. The Kier molecular flexibility index (Phi) is 2.88. The van der Waals surface area contributed by atoms with E-state index in [-0.39, 0.29) is 0 Å². The number of nitrogens with zero attached hydrogens (tertiary/aromatic N) is 2. The van der Waals surface area contributed by atoms with Gasteiger partial charge in [0.05, 0.1) is 6.10 Å². The highest BCUT2D eigenvalue weighted by Gasteiger charge is 2.06. The molecule has 0 saturated carbocycles. The van der Waals surface area contributed by atoms with Crippen LogP contribution in [0, 0.1) is 6.92 Å². The second kappa shape index (κ2) is 3.75. The van der Waals surface area contributed by atoms with Crippen LogP contribution in [0.25, 0.3) is 0 Å². The number of anilines is 1. The van der Waals surface area contributed by atoms with Gasteiger partial charge in [-0.25, -0.2) is 4.98 Å². The third-order valence-electron chi connectivity index (χ3n) is 1.98. The molecule has 0 aliphatic rings. The van der Waals surface area contributed by atoms with Crippen LogP contribution in [0.4, 0.5) is 5.82 Å². The van der Waals surface area contributed by atoms with Gasteiger partial charge in [0.1, 0.15) is 5.82 Å². The molecule has 0 radical (unpaired) electrons. The van der Waals surface area contributed by atoms with E-state index in [1.54, 1.807) is 13.1 Å². The molecule has 1 N–H and O–H groups in total. The Bertz CT molecular complexity index is 295. The van der Waals surface area contributed by atoms with Crippen molar-refractivity contribution < 1.29 is 5.11 Å². The lowest BCUT2D eigenvalue weighted by molar-refractivity contribution is 0.199. The van der Waals surface area contributed by atoms with Crippen LogP contribution in [-0.4, -0.2) is 24.2 Å². The summed E-state index contributed by atoms with van der Waals surface area (Å²) in [7, 11) is 3.91. The highest BCUT2D eigenvalue weighted by molar-refractivity contribution is 5.46. The van der Waals surface area contributed by atoms with E-state index >= 15 is 0 Å². The number of aromatic nitrogens is 1. The van der Waals surface area contributed by atoms with E-state index < -0.39 is 6.10 Å². The first kappa shape index (κ1) is 9.99. The lowest BCUT2D eigenvalue weighted by Gasteiger charge is -2.15. The van der Waals surface area contributed by atoms with Crippen molar-refractivity contribution in [2.24, 2.45) is 0 Å². The predicted molar refractivity (Wildman–Crippen MR) is 53.9 cm³/mol. The molecule has 0 saturated heterocycles. The second-order valence-corrected chi connectivity index (χ2v) is 3.48. The molecule has 72 valence electrons. The molecule has 3 heteroatoms. The SMILES string of the molecule is Cc1cc([C@@H](C)O)cnc1N(C)C. The zero-order chi connectivity index (χ0) is 10.0. The fourth-order valence-electron chi connectivity index (χ4n) is 1.29. The maximum atomic E-state index is 9.32. The summed E-state index contributed by atoms with van der Waals surface area (Å²) < 4.78 is 0. The molecule has 13 heavy (non-hydrogen) atoms. The van der Waals surface area contributed by atoms with Gasteiger partial charge in [-0.15, -0.1) is 0 Å². The quantitative estimate of drug-likeness (QED) is 0.749. The molecule has 1 atom stereocenters. The summed E-state index contributed by atoms with van der Waals surface area (Å²) in [4.78, 5) is 6.22. The number of aliphatic hydroxyl groups excluding tert-OH is 1. The van der Waals surface area contributed by atoms with E-state index in [0.29, 0.717) is 0 Å². The van der Waals surface area contributed by atoms with Gasteiger partial charge in [0.25, 0.3) is 0 Å². The summed E-state index contributed by atoms with van der Waals surface area (Å²) in [5, 5.41) is 9.32. The van der Waals surface area contributed by atoms with Crippen LogP contribution >= 0.6 is 0 Å². The number of pyridine rings is 1. The van der Waals surface area contributed by atoms with Gasteiger partial charge in [-0.2, -0.15) is 0 Å². The molecule has 0 aromatic carbocycles. The molecule has 1 aromatic heterocycles. The summed E-state index contributed by atoms with van der Waals surface area (Å²) in [6, 6.07) is 1.97. The Morgan fingerprint density at radius 2 is 2.08 bits per heavy atom. The second-order valence-electron chi connectivity index (χ2n) is 3.48. The zero-order valence-corrected chi connectivity index (χ0v) is 8.57. The van der Waals surface area contributed by atoms with Crippen molar-refractivity contribution >= 4 is 5.82 Å². The largest absolute Gasteiger partial charge is 0.389 e. The van der Waals surface area contributed by atoms with E-state index in [0.717, 1.165) is 16.9 Å². The van der Waals surface area contributed by atoms with Crippen LogP contribution in [0.2, 0.25) is 0 Å². The number of aryl methyl sites for hydroxylation is 1. The smallest absolute Gasteiger partial charge is 0.130 e. The molecule has 1 heterocycles. The highest BCUT2D eigenvalue weighted by atomic mass is 16.3. The number of hydrogen-bond acceptors (Lipinski definition) is 3. The standard InChI is InChI=1S/C10H16N2O/c1-7-5-9(8(2)13)6-11-10(7)12(3)4/h5-6,8,13H,1-4H3/t8-/m1/s1. The minimum atomic E-state index is -0.442. The first-order valence-electron chi connectivity index (χ1n) is 4.34. The first-order chi connectivity index (χ1) is 6.02. The van der Waals surface area contributed by atoms with Gasteiger partial charge in [-0.05, 0) is 31.0 Å². The van der Waals surface area contributed by atoms with Gasteiger partial charge in [0, 0.05) is 20.3 Å². The van der Waals surface area contributed by atoms with E-state index in [1.165, 1.54) is 0 Å². The third-order valence-corrected chi connectivity index (χ3v) is 1.98. The number of hydrogen-bond donors (Lipinski definition) is 1. The van der Waals surface area contributed by atoms with Crippen molar-refractivity contribution in [2.75, 3.05) is 19.0 Å². The summed E-state index contributed by atoms with van der Waals surface area (Å²) in [6.07, 6.45) is 1.27. The minimum Gasteiger partial charge on any atom is -0.389 e. The third kappa shape index (κ3) is 2.18. The Balaban J connectivity index is 3.06. The number of aliphatic hydroxyl groups is 1. The van der Waals surface area contributed by atoms with Gasteiger partial charge >= 0.3 is 0 Å². The van der Waals surface area contributed by atoms with Gasteiger partial charge in [0.15, 0.2) is 0 Å². The highest BCUT2D eigenvalue weighted by Crippen LogP contribution is 2.19. The molecular weight excluding hydrogens is 164 g/mol. The van der Waals surface area contributed by atoms with Gasteiger partial charge in [-0.1, -0.05) is 0 Å². The number of rotatable bonds is 2. The predicted octanol–water partition coefficient (Wildman–Crippen LogP) is 1.51. The maximum absolute atomic E-state index is 9.32. The molecule has 1 rings (SSSR count). The lowest BCUT2D eigenvalue weighted by atomic mass is 10.1. The van der Waals surface area contributed by atoms with Gasteiger partial charge < -0.3 is 10.0 Å². The van der Waals surface area contributed by atoms with E-state index in [9.17, 15) is 5.11 Å². The summed E-state index contributed by atoms with van der Waals surface area (Å²) in [5.41, 5.74) is 1.95. The molecule has 0 aliphatic carbocycles. The molecule has 1 aromatic rings. The van der Waals surface area contributed by atoms with Crippen LogP contribution in [0.15, 0.2) is 12.3 Å². The fourth-order valence-corrected chi connectivity index (χ4v) is 1.29. The van der Waals surface area contributed by atoms with Crippen molar-refractivity contribution in [2.45, 2.75) is 20.0 Å². The molecule has 0 bridgehead atoms. The van der Waals surface area contributed by atoms with Crippen molar-refractivity contribution in [1.82, 2.24) is 4.98 Å². The van der Waals surface area contributed by atoms with Gasteiger partial charge in [0.2, 0.25) is 0 Å². The average molecular weight is 180 g/mol. The monoisotopic (exact) mass is 180 g/mol. The van der Waals surface area contributed by atoms with Crippen LogP contribution in [0.1, 0.15) is 24.2 Å². The Labute approximate surface area is 79.0 Å². The maximum Gasteiger partial charge on any atom is 0.130 e.